The van der Waals surface area contributed by atoms with Crippen LogP contribution in [0, 0.1) is 0 Å². The molecule has 1 aromatic carbocycles. The summed E-state index contributed by atoms with van der Waals surface area (Å²) >= 11 is 0. The fourth-order valence-electron chi connectivity index (χ4n) is 2.31. The van der Waals surface area contributed by atoms with E-state index in [2.05, 4.69) is 9.97 Å². The van der Waals surface area contributed by atoms with Crippen LogP contribution < -0.4 is 10.4 Å². The number of aromatic amines is 2. The van der Waals surface area contributed by atoms with Crippen molar-refractivity contribution in [2.45, 2.75) is 13.1 Å². The molecule has 3 rings (SSSR count). The second-order valence-corrected chi connectivity index (χ2v) is 4.59. The summed E-state index contributed by atoms with van der Waals surface area (Å²) in [4.78, 5) is 29.6. The summed E-state index contributed by atoms with van der Waals surface area (Å²) in [6.07, 6.45) is 0. The van der Waals surface area contributed by atoms with Crippen LogP contribution in [0.4, 0.5) is 0 Å². The molecule has 104 valence electrons. The molecule has 0 unspecified atom stereocenters. The number of H-pyrrole nitrogens is 2. The largest absolute Gasteiger partial charge is 0.497 e. The molecule has 7 nitrogen and oxygen atoms in total. The average Bonchev–Trinajstić information content (AvgIpc) is 2.91. The van der Waals surface area contributed by atoms with Gasteiger partial charge in [0.2, 0.25) is 5.88 Å². The summed E-state index contributed by atoms with van der Waals surface area (Å²) in [6.45, 7) is 0.575. The van der Waals surface area contributed by atoms with Crippen molar-refractivity contribution < 1.29 is 14.6 Å². The number of benzene rings is 1. The number of amides is 1. The molecule has 0 saturated heterocycles. The van der Waals surface area contributed by atoms with Gasteiger partial charge in [-0.15, -0.1) is 0 Å². The number of hydrogen-bond acceptors (Lipinski definition) is 4. The van der Waals surface area contributed by atoms with E-state index >= 15 is 0 Å². The lowest BCUT2D eigenvalue weighted by Gasteiger charge is -2.14. The van der Waals surface area contributed by atoms with E-state index in [1.807, 2.05) is 6.07 Å². The molecule has 20 heavy (non-hydrogen) atoms. The molecule has 2 heterocycles. The van der Waals surface area contributed by atoms with Crippen LogP contribution in [0.15, 0.2) is 23.0 Å². The Bertz CT molecular complexity index is 731. The van der Waals surface area contributed by atoms with Gasteiger partial charge in [-0.2, -0.15) is 0 Å². The first kappa shape index (κ1) is 12.3. The van der Waals surface area contributed by atoms with Gasteiger partial charge in [-0.25, -0.2) is 4.79 Å². The van der Waals surface area contributed by atoms with E-state index in [0.717, 1.165) is 5.56 Å². The summed E-state index contributed by atoms with van der Waals surface area (Å²) in [7, 11) is 1.54. The zero-order chi connectivity index (χ0) is 14.3. The van der Waals surface area contributed by atoms with Crippen LogP contribution in [0.5, 0.6) is 11.6 Å². The number of methoxy groups -OCH3 is 1. The molecule has 1 aliphatic heterocycles. The van der Waals surface area contributed by atoms with Crippen LogP contribution in [0.25, 0.3) is 0 Å². The van der Waals surface area contributed by atoms with Crippen molar-refractivity contribution in [1.82, 2.24) is 14.9 Å². The maximum Gasteiger partial charge on any atom is 0.326 e. The molecule has 0 fully saturated rings. The van der Waals surface area contributed by atoms with Crippen molar-refractivity contribution in [3.63, 3.8) is 0 Å². The van der Waals surface area contributed by atoms with E-state index in [9.17, 15) is 14.7 Å². The summed E-state index contributed by atoms with van der Waals surface area (Å²) in [5.41, 5.74) is 1.28. The van der Waals surface area contributed by atoms with Crippen LogP contribution in [0.2, 0.25) is 0 Å². The average molecular weight is 275 g/mol. The highest BCUT2D eigenvalue weighted by Crippen LogP contribution is 2.28. The Balaban J connectivity index is 1.86. The van der Waals surface area contributed by atoms with E-state index < -0.39 is 5.69 Å². The van der Waals surface area contributed by atoms with E-state index in [-0.39, 0.29) is 18.3 Å². The number of ether oxygens (including phenoxy) is 1. The molecule has 0 spiro atoms. The normalized spacial score (nSPS) is 13.7. The molecule has 0 radical (unpaired) electrons. The van der Waals surface area contributed by atoms with Gasteiger partial charge in [0.25, 0.3) is 5.91 Å². The smallest absolute Gasteiger partial charge is 0.326 e. The highest BCUT2D eigenvalue weighted by Gasteiger charge is 2.28. The first-order chi connectivity index (χ1) is 9.58. The van der Waals surface area contributed by atoms with E-state index in [4.69, 9.17) is 4.74 Å². The molecule has 1 amide bonds. The number of hydrogen-bond donors (Lipinski definition) is 3. The van der Waals surface area contributed by atoms with Crippen molar-refractivity contribution in [1.29, 1.82) is 0 Å². The fraction of sp³-hybridized carbons (Fsp3) is 0.231. The standard InChI is InChI=1S/C13H13N3O4/c1-20-8-3-2-7-5-16(12(18)9(7)4-8)6-10-11(17)15-13(19)14-10/h2-4,17H,5-6H2,1H3,(H2,14,15,19). The van der Waals surface area contributed by atoms with Crippen molar-refractivity contribution in [3.05, 3.63) is 45.5 Å². The third-order valence-electron chi connectivity index (χ3n) is 3.33. The van der Waals surface area contributed by atoms with Crippen molar-refractivity contribution in [3.8, 4) is 11.6 Å². The molecule has 0 aliphatic carbocycles. The highest BCUT2D eigenvalue weighted by molar-refractivity contribution is 5.98. The number of aromatic nitrogens is 2. The molecular formula is C13H13N3O4. The van der Waals surface area contributed by atoms with Crippen LogP contribution in [0.3, 0.4) is 0 Å². The number of fused-ring (bicyclic) bond motifs is 1. The lowest BCUT2D eigenvalue weighted by atomic mass is 10.1. The molecule has 0 atom stereocenters. The maximum atomic E-state index is 12.3. The lowest BCUT2D eigenvalue weighted by molar-refractivity contribution is 0.0763. The van der Waals surface area contributed by atoms with Gasteiger partial charge in [-0.05, 0) is 17.7 Å². The Morgan fingerprint density at radius 3 is 2.80 bits per heavy atom. The number of imidazole rings is 1. The van der Waals surface area contributed by atoms with Crippen molar-refractivity contribution >= 4 is 5.91 Å². The quantitative estimate of drug-likeness (QED) is 0.762. The van der Waals surface area contributed by atoms with Gasteiger partial charge in [0, 0.05) is 12.1 Å². The molecule has 0 bridgehead atoms. The van der Waals surface area contributed by atoms with Gasteiger partial charge in [0.15, 0.2) is 0 Å². The summed E-state index contributed by atoms with van der Waals surface area (Å²) in [5, 5.41) is 9.53. The second kappa shape index (κ2) is 4.44. The zero-order valence-electron chi connectivity index (χ0n) is 10.8. The maximum absolute atomic E-state index is 12.3. The molecule has 0 saturated carbocycles. The first-order valence-corrected chi connectivity index (χ1v) is 6.05. The van der Waals surface area contributed by atoms with Gasteiger partial charge in [-0.3, -0.25) is 9.78 Å². The highest BCUT2D eigenvalue weighted by atomic mass is 16.5. The van der Waals surface area contributed by atoms with E-state index in [1.54, 1.807) is 24.1 Å². The molecule has 1 aromatic heterocycles. The molecular weight excluding hydrogens is 262 g/mol. The van der Waals surface area contributed by atoms with Gasteiger partial charge >= 0.3 is 5.69 Å². The Labute approximate surface area is 113 Å². The third kappa shape index (κ3) is 1.93. The van der Waals surface area contributed by atoms with Gasteiger partial charge < -0.3 is 19.7 Å². The topological polar surface area (TPSA) is 98.4 Å². The molecule has 3 N–H and O–H groups in total. The second-order valence-electron chi connectivity index (χ2n) is 4.59. The first-order valence-electron chi connectivity index (χ1n) is 6.05. The number of rotatable bonds is 3. The minimum Gasteiger partial charge on any atom is -0.497 e. The van der Waals surface area contributed by atoms with Crippen LogP contribution in [0.1, 0.15) is 21.6 Å². The predicted octanol–water partition coefficient (Wildman–Crippen LogP) is 0.573. The Kier molecular flexibility index (Phi) is 2.74. The zero-order valence-corrected chi connectivity index (χ0v) is 10.8. The monoisotopic (exact) mass is 275 g/mol. The van der Waals surface area contributed by atoms with Crippen LogP contribution in [-0.4, -0.2) is 33.0 Å². The number of nitrogens with one attached hydrogen (secondary N) is 2. The Morgan fingerprint density at radius 2 is 2.15 bits per heavy atom. The third-order valence-corrected chi connectivity index (χ3v) is 3.33. The van der Waals surface area contributed by atoms with Crippen LogP contribution in [-0.2, 0) is 13.1 Å². The van der Waals surface area contributed by atoms with E-state index in [1.165, 1.54) is 0 Å². The van der Waals surface area contributed by atoms with Crippen LogP contribution >= 0.6 is 0 Å². The van der Waals surface area contributed by atoms with Gasteiger partial charge in [0.05, 0.1) is 19.3 Å². The fourth-order valence-corrected chi connectivity index (χ4v) is 2.31. The minimum absolute atomic E-state index is 0.139. The molecule has 7 heteroatoms. The number of nitrogens with zero attached hydrogens (tertiary/aromatic N) is 1. The number of carbonyl (C=O) groups is 1. The van der Waals surface area contributed by atoms with E-state index in [0.29, 0.717) is 23.6 Å². The SMILES string of the molecule is COc1ccc2c(c1)C(=O)N(Cc1[nH]c(=O)[nH]c1O)C2. The van der Waals surface area contributed by atoms with Gasteiger partial charge in [0.1, 0.15) is 5.75 Å². The van der Waals surface area contributed by atoms with Crippen molar-refractivity contribution in [2.75, 3.05) is 7.11 Å². The summed E-state index contributed by atoms with van der Waals surface area (Å²) in [5.74, 6) is 0.230. The minimum atomic E-state index is -0.497. The Morgan fingerprint density at radius 1 is 1.35 bits per heavy atom. The lowest BCUT2D eigenvalue weighted by Crippen LogP contribution is -2.23. The Hall–Kier alpha value is -2.70. The number of carbonyl (C=O) groups excluding carboxylic acids is 1. The van der Waals surface area contributed by atoms with Crippen molar-refractivity contribution in [2.24, 2.45) is 0 Å². The van der Waals surface area contributed by atoms with Gasteiger partial charge in [-0.1, -0.05) is 6.07 Å². The molecule has 2 aromatic rings. The molecule has 1 aliphatic rings. The summed E-state index contributed by atoms with van der Waals surface area (Å²) in [6, 6.07) is 5.33. The predicted molar refractivity (Wildman–Crippen MR) is 69.6 cm³/mol. The number of aromatic hydroxyl groups is 1. The summed E-state index contributed by atoms with van der Waals surface area (Å²) < 4.78 is 5.10.